The van der Waals surface area contributed by atoms with E-state index in [4.69, 9.17) is 29.1 Å². The Bertz CT molecular complexity index is 717. The van der Waals surface area contributed by atoms with Crippen LogP contribution in [0.2, 0.25) is 0 Å². The summed E-state index contributed by atoms with van der Waals surface area (Å²) in [5.74, 6) is -0.178. The topological polar surface area (TPSA) is 269 Å². The van der Waals surface area contributed by atoms with E-state index in [1.165, 1.54) is 0 Å². The molecule has 11 N–H and O–H groups in total. The van der Waals surface area contributed by atoms with Crippen molar-refractivity contribution in [2.45, 2.75) is 125 Å². The molecule has 0 amide bonds. The molecule has 0 saturated carbocycles. The first-order chi connectivity index (χ1) is 19.3. The first kappa shape index (κ1) is 36.6. The van der Waals surface area contributed by atoms with E-state index in [0.717, 1.165) is 0 Å². The standard InChI is InChI=1S/C25H48O16/c1-11(2)24-22(35)20(33)19(32)15(39-24)10-38-41-25-23(36)21(34)18(31)14(40-25)9-37-7-5-3-4-6-12(27)16(29)17(30)13(28)8-26/h11-36H,3-10H2,1-2H3/t12-,13-,14?,15?,16-,17-,18?,19?,20?,21?,22?,23?,24?,25?/m1/s1. The second-order valence-corrected chi connectivity index (χ2v) is 11.0. The van der Waals surface area contributed by atoms with Crippen LogP contribution in [-0.4, -0.2) is 168 Å². The van der Waals surface area contributed by atoms with Crippen molar-refractivity contribution in [3.05, 3.63) is 0 Å². The average Bonchev–Trinajstić information content (AvgIpc) is 2.95. The molecule has 0 aromatic carbocycles. The summed E-state index contributed by atoms with van der Waals surface area (Å²) < 4.78 is 16.6. The van der Waals surface area contributed by atoms with Gasteiger partial charge in [0.15, 0.2) is 0 Å². The van der Waals surface area contributed by atoms with Crippen LogP contribution in [0.15, 0.2) is 0 Å². The average molecular weight is 605 g/mol. The molecular formula is C25H48O16. The van der Waals surface area contributed by atoms with Crippen molar-refractivity contribution in [1.82, 2.24) is 0 Å². The zero-order valence-electron chi connectivity index (χ0n) is 23.3. The first-order valence-corrected chi connectivity index (χ1v) is 13.9. The van der Waals surface area contributed by atoms with Crippen molar-refractivity contribution < 1.29 is 80.2 Å². The summed E-state index contributed by atoms with van der Waals surface area (Å²) in [6.45, 7) is 2.40. The third-order valence-corrected chi connectivity index (χ3v) is 7.37. The zero-order valence-corrected chi connectivity index (χ0v) is 23.3. The van der Waals surface area contributed by atoms with E-state index in [-0.39, 0.29) is 25.6 Å². The Morgan fingerprint density at radius 3 is 1.85 bits per heavy atom. The minimum atomic E-state index is -1.69. The van der Waals surface area contributed by atoms with Crippen molar-refractivity contribution >= 4 is 0 Å². The molecule has 2 saturated heterocycles. The molecule has 2 heterocycles. The van der Waals surface area contributed by atoms with Crippen LogP contribution in [0.1, 0.15) is 39.5 Å². The quantitative estimate of drug-likeness (QED) is 0.0423. The molecule has 2 fully saturated rings. The molecule has 2 rings (SSSR count). The van der Waals surface area contributed by atoms with E-state index in [1.807, 2.05) is 0 Å². The maximum absolute atomic E-state index is 10.3. The van der Waals surface area contributed by atoms with Gasteiger partial charge in [0.05, 0.1) is 25.4 Å². The Morgan fingerprint density at radius 2 is 1.24 bits per heavy atom. The molecule has 0 aromatic heterocycles. The maximum Gasteiger partial charge on any atom is 0.220 e. The molecule has 41 heavy (non-hydrogen) atoms. The van der Waals surface area contributed by atoms with Crippen LogP contribution >= 0.6 is 0 Å². The smallest absolute Gasteiger partial charge is 0.220 e. The summed E-state index contributed by atoms with van der Waals surface area (Å²) in [5.41, 5.74) is 0. The second kappa shape index (κ2) is 17.6. The number of aliphatic hydroxyl groups is 11. The highest BCUT2D eigenvalue weighted by Crippen LogP contribution is 2.27. The lowest BCUT2D eigenvalue weighted by atomic mass is 9.89. The maximum atomic E-state index is 10.3. The van der Waals surface area contributed by atoms with E-state index in [0.29, 0.717) is 19.3 Å². The molecule has 0 aliphatic carbocycles. The van der Waals surface area contributed by atoms with Crippen molar-refractivity contribution in [1.29, 1.82) is 0 Å². The lowest BCUT2D eigenvalue weighted by Gasteiger charge is -2.42. The largest absolute Gasteiger partial charge is 0.394 e. The Labute approximate surface area is 238 Å². The highest BCUT2D eigenvalue weighted by atomic mass is 17.2. The van der Waals surface area contributed by atoms with Crippen LogP contribution in [-0.2, 0) is 24.0 Å². The second-order valence-electron chi connectivity index (χ2n) is 11.0. The van der Waals surface area contributed by atoms with E-state index < -0.39 is 98.9 Å². The fourth-order valence-corrected chi connectivity index (χ4v) is 4.64. The summed E-state index contributed by atoms with van der Waals surface area (Å²) in [6, 6.07) is 0. The summed E-state index contributed by atoms with van der Waals surface area (Å²) in [5, 5.41) is 109. The normalized spacial score (nSPS) is 37.6. The summed E-state index contributed by atoms with van der Waals surface area (Å²) in [7, 11) is 0. The van der Waals surface area contributed by atoms with Gasteiger partial charge in [-0.05, 0) is 18.8 Å². The lowest BCUT2D eigenvalue weighted by Crippen LogP contribution is -2.60. The molecule has 10 unspecified atom stereocenters. The lowest BCUT2D eigenvalue weighted by molar-refractivity contribution is -0.434. The van der Waals surface area contributed by atoms with Crippen LogP contribution in [0.5, 0.6) is 0 Å². The Hall–Kier alpha value is -0.640. The van der Waals surface area contributed by atoms with Crippen LogP contribution in [0.4, 0.5) is 0 Å². The monoisotopic (exact) mass is 604 g/mol. The van der Waals surface area contributed by atoms with Crippen LogP contribution in [0, 0.1) is 5.92 Å². The molecule has 14 atom stereocenters. The summed E-state index contributed by atoms with van der Waals surface area (Å²) >= 11 is 0. The predicted molar refractivity (Wildman–Crippen MR) is 136 cm³/mol. The minimum absolute atomic E-state index is 0.129. The minimum Gasteiger partial charge on any atom is -0.394 e. The fourth-order valence-electron chi connectivity index (χ4n) is 4.64. The molecule has 2 aliphatic rings. The SMILES string of the molecule is CC(C)C1OC(COOC2OC(COCCCCC[C@@H](O)[C@@H](O)[C@H](O)[C@H](O)CO)C(O)C(O)C2O)C(O)C(O)C1O. The first-order valence-electron chi connectivity index (χ1n) is 13.9. The molecule has 244 valence electrons. The van der Waals surface area contributed by atoms with Gasteiger partial charge in [0.25, 0.3) is 0 Å². The molecule has 2 aliphatic heterocycles. The molecule has 0 spiro atoms. The van der Waals surface area contributed by atoms with E-state index in [1.54, 1.807) is 13.8 Å². The number of hydrogen-bond acceptors (Lipinski definition) is 16. The third kappa shape index (κ3) is 10.2. The zero-order chi connectivity index (χ0) is 30.9. The number of unbranched alkanes of at least 4 members (excludes halogenated alkanes) is 2. The van der Waals surface area contributed by atoms with Gasteiger partial charge in [-0.25, -0.2) is 9.78 Å². The van der Waals surface area contributed by atoms with Crippen LogP contribution in [0.3, 0.4) is 0 Å². The van der Waals surface area contributed by atoms with Crippen LogP contribution < -0.4 is 0 Å². The van der Waals surface area contributed by atoms with Crippen molar-refractivity contribution in [2.24, 2.45) is 5.92 Å². The van der Waals surface area contributed by atoms with E-state index in [9.17, 15) is 51.1 Å². The predicted octanol–water partition coefficient (Wildman–Crippen LogP) is -4.74. The van der Waals surface area contributed by atoms with Gasteiger partial charge in [-0.1, -0.05) is 26.7 Å². The van der Waals surface area contributed by atoms with Crippen molar-refractivity contribution in [2.75, 3.05) is 26.4 Å². The molecule has 16 heteroatoms. The van der Waals surface area contributed by atoms with Gasteiger partial charge >= 0.3 is 0 Å². The number of hydrogen-bond donors (Lipinski definition) is 11. The fraction of sp³-hybridized carbons (Fsp3) is 1.00. The van der Waals surface area contributed by atoms with Crippen molar-refractivity contribution in [3.8, 4) is 0 Å². The summed E-state index contributed by atoms with van der Waals surface area (Å²) in [6.07, 6.45) is -18.1. The van der Waals surface area contributed by atoms with E-state index in [2.05, 4.69) is 0 Å². The highest BCUT2D eigenvalue weighted by molar-refractivity contribution is 4.93. The number of aliphatic hydroxyl groups excluding tert-OH is 11. The van der Waals surface area contributed by atoms with Crippen molar-refractivity contribution in [3.63, 3.8) is 0 Å². The van der Waals surface area contributed by atoms with Gasteiger partial charge in [-0.2, -0.15) is 0 Å². The van der Waals surface area contributed by atoms with Gasteiger partial charge in [0.2, 0.25) is 6.29 Å². The van der Waals surface area contributed by atoms with Gasteiger partial charge in [0, 0.05) is 6.61 Å². The van der Waals surface area contributed by atoms with Gasteiger partial charge in [-0.3, -0.25) is 0 Å². The molecule has 0 bridgehead atoms. The van der Waals surface area contributed by atoms with Gasteiger partial charge in [-0.15, -0.1) is 0 Å². The Morgan fingerprint density at radius 1 is 0.659 bits per heavy atom. The molecule has 0 radical (unpaired) electrons. The number of ether oxygens (including phenoxy) is 3. The Balaban J connectivity index is 1.72. The Kier molecular flexibility index (Phi) is 15.7. The molecule has 0 aromatic rings. The molecule has 16 nitrogen and oxygen atoms in total. The van der Waals surface area contributed by atoms with Gasteiger partial charge < -0.3 is 70.4 Å². The number of rotatable bonds is 17. The molecular weight excluding hydrogens is 556 g/mol. The highest BCUT2D eigenvalue weighted by Gasteiger charge is 2.47. The van der Waals surface area contributed by atoms with E-state index >= 15 is 0 Å². The third-order valence-electron chi connectivity index (χ3n) is 7.37. The van der Waals surface area contributed by atoms with Crippen LogP contribution in [0.25, 0.3) is 0 Å². The van der Waals surface area contributed by atoms with Gasteiger partial charge in [0.1, 0.15) is 73.8 Å². The summed E-state index contributed by atoms with van der Waals surface area (Å²) in [4.78, 5) is 10.1.